The molecule has 1 amide bonds. The summed E-state index contributed by atoms with van der Waals surface area (Å²) in [6, 6.07) is 11.9. The van der Waals surface area contributed by atoms with Crippen molar-refractivity contribution in [3.8, 4) is 5.88 Å². The average molecular weight is 354 g/mol. The Morgan fingerprint density at radius 2 is 2.00 bits per heavy atom. The molecule has 0 saturated heterocycles. The quantitative estimate of drug-likeness (QED) is 0.802. The second kappa shape index (κ2) is 8.32. The van der Waals surface area contributed by atoms with Crippen LogP contribution in [0, 0.1) is 12.8 Å². The lowest BCUT2D eigenvalue weighted by atomic mass is 9.75. The molecular weight excluding hydrogens is 328 g/mol. The van der Waals surface area contributed by atoms with Gasteiger partial charge in [-0.2, -0.15) is 0 Å². The van der Waals surface area contributed by atoms with Gasteiger partial charge in [0.15, 0.2) is 0 Å². The number of hydrogen-bond acceptors (Lipinski definition) is 4. The highest BCUT2D eigenvalue weighted by molar-refractivity contribution is 5.76. The third kappa shape index (κ3) is 4.61. The molecule has 138 valence electrons. The van der Waals surface area contributed by atoms with Gasteiger partial charge in [-0.3, -0.25) is 4.79 Å². The molecule has 0 bridgehead atoms. The van der Waals surface area contributed by atoms with Gasteiger partial charge in [-0.25, -0.2) is 4.98 Å². The van der Waals surface area contributed by atoms with Crippen molar-refractivity contribution in [2.75, 3.05) is 7.11 Å². The fraction of sp³-hybridized carbons (Fsp3) is 0.429. The number of amides is 1. The number of nitrogens with one attached hydrogen (secondary N) is 1. The number of benzene rings is 1. The molecule has 1 heterocycles. The molecule has 3 rings (SSSR count). The van der Waals surface area contributed by atoms with E-state index in [4.69, 9.17) is 4.74 Å². The fourth-order valence-corrected chi connectivity index (χ4v) is 3.33. The Hall–Kier alpha value is -2.40. The van der Waals surface area contributed by atoms with Crippen molar-refractivity contribution in [2.24, 2.45) is 5.92 Å². The summed E-state index contributed by atoms with van der Waals surface area (Å²) in [6.45, 7) is 2.05. The maximum absolute atomic E-state index is 12.5. The summed E-state index contributed by atoms with van der Waals surface area (Å²) < 4.78 is 5.11. The van der Waals surface area contributed by atoms with Gasteiger partial charge in [-0.1, -0.05) is 35.9 Å². The van der Waals surface area contributed by atoms with Crippen LogP contribution in [0.1, 0.15) is 42.0 Å². The molecule has 26 heavy (non-hydrogen) atoms. The zero-order valence-electron chi connectivity index (χ0n) is 15.3. The molecule has 5 heteroatoms. The summed E-state index contributed by atoms with van der Waals surface area (Å²) >= 11 is 0. The molecule has 2 aromatic rings. The largest absolute Gasteiger partial charge is 0.481 e. The number of ether oxygens (including phenoxy) is 1. The summed E-state index contributed by atoms with van der Waals surface area (Å²) in [5, 5.41) is 12.8. The molecular formula is C21H26N2O3. The van der Waals surface area contributed by atoms with E-state index in [1.807, 2.05) is 6.07 Å². The summed E-state index contributed by atoms with van der Waals surface area (Å²) in [7, 11) is 1.58. The molecule has 1 aromatic heterocycles. The third-order valence-electron chi connectivity index (χ3n) is 5.03. The van der Waals surface area contributed by atoms with Crippen molar-refractivity contribution >= 4 is 5.91 Å². The summed E-state index contributed by atoms with van der Waals surface area (Å²) in [4.78, 5) is 16.7. The first-order valence-corrected chi connectivity index (χ1v) is 9.08. The average Bonchev–Trinajstić information content (AvgIpc) is 2.63. The van der Waals surface area contributed by atoms with Crippen LogP contribution < -0.4 is 10.1 Å². The van der Waals surface area contributed by atoms with Gasteiger partial charge < -0.3 is 15.2 Å². The number of aliphatic hydroxyl groups excluding tert-OH is 1. The van der Waals surface area contributed by atoms with Crippen LogP contribution in [-0.2, 0) is 11.2 Å². The van der Waals surface area contributed by atoms with Crippen molar-refractivity contribution in [1.29, 1.82) is 0 Å². The lowest BCUT2D eigenvalue weighted by molar-refractivity contribution is -0.123. The van der Waals surface area contributed by atoms with Crippen molar-refractivity contribution < 1.29 is 14.6 Å². The maximum atomic E-state index is 12.5. The van der Waals surface area contributed by atoms with E-state index < -0.39 is 0 Å². The van der Waals surface area contributed by atoms with Gasteiger partial charge in [0.2, 0.25) is 11.8 Å². The number of aryl methyl sites for hydroxylation is 2. The number of pyridine rings is 1. The van der Waals surface area contributed by atoms with Crippen molar-refractivity contribution in [3.63, 3.8) is 0 Å². The van der Waals surface area contributed by atoms with Crippen LogP contribution >= 0.6 is 0 Å². The van der Waals surface area contributed by atoms with Crippen LogP contribution in [0.3, 0.4) is 0 Å². The van der Waals surface area contributed by atoms with E-state index in [1.165, 1.54) is 5.56 Å². The van der Waals surface area contributed by atoms with Crippen molar-refractivity contribution in [1.82, 2.24) is 10.3 Å². The number of carbonyl (C=O) groups excluding carboxylic acids is 1. The predicted molar refractivity (Wildman–Crippen MR) is 99.9 cm³/mol. The SMILES string of the molecule is COc1ccc([C@H](NC(=O)CCc2ccc(C)cc2)C2CC(O)C2)cn1. The first-order valence-electron chi connectivity index (χ1n) is 9.08. The highest BCUT2D eigenvalue weighted by Gasteiger charge is 2.35. The molecule has 0 radical (unpaired) electrons. The molecule has 1 fully saturated rings. The molecule has 1 saturated carbocycles. The smallest absolute Gasteiger partial charge is 0.220 e. The molecule has 0 spiro atoms. The second-order valence-electron chi connectivity index (χ2n) is 7.05. The molecule has 1 atom stereocenters. The van der Waals surface area contributed by atoms with E-state index in [1.54, 1.807) is 19.4 Å². The first-order chi connectivity index (χ1) is 12.5. The van der Waals surface area contributed by atoms with Gasteiger partial charge in [0.05, 0.1) is 19.3 Å². The van der Waals surface area contributed by atoms with E-state index in [9.17, 15) is 9.90 Å². The van der Waals surface area contributed by atoms with Gasteiger partial charge >= 0.3 is 0 Å². The number of carbonyl (C=O) groups is 1. The van der Waals surface area contributed by atoms with Gasteiger partial charge in [0, 0.05) is 18.7 Å². The number of aromatic nitrogens is 1. The predicted octanol–water partition coefficient (Wildman–Crippen LogP) is 2.96. The fourth-order valence-electron chi connectivity index (χ4n) is 3.33. The van der Waals surface area contributed by atoms with Crippen molar-refractivity contribution in [2.45, 2.75) is 44.8 Å². The molecule has 1 aromatic carbocycles. The van der Waals surface area contributed by atoms with Crippen LogP contribution in [0.2, 0.25) is 0 Å². The molecule has 1 aliphatic carbocycles. The number of hydrogen-bond donors (Lipinski definition) is 2. The Bertz CT molecular complexity index is 722. The molecule has 0 aliphatic heterocycles. The summed E-state index contributed by atoms with van der Waals surface area (Å²) in [6.07, 6.45) is 4.04. The maximum Gasteiger partial charge on any atom is 0.220 e. The monoisotopic (exact) mass is 354 g/mol. The van der Waals surface area contributed by atoms with Gasteiger partial charge in [0.25, 0.3) is 0 Å². The van der Waals surface area contributed by atoms with Crippen LogP contribution in [0.25, 0.3) is 0 Å². The molecule has 5 nitrogen and oxygen atoms in total. The Kier molecular flexibility index (Phi) is 5.89. The Morgan fingerprint density at radius 3 is 2.58 bits per heavy atom. The Balaban J connectivity index is 1.62. The van der Waals surface area contributed by atoms with Crippen LogP contribution in [0.15, 0.2) is 42.6 Å². The summed E-state index contributed by atoms with van der Waals surface area (Å²) in [5.41, 5.74) is 3.33. The van der Waals surface area contributed by atoms with Crippen molar-refractivity contribution in [3.05, 3.63) is 59.3 Å². The van der Waals surface area contributed by atoms with Gasteiger partial charge in [0.1, 0.15) is 0 Å². The minimum atomic E-state index is -0.266. The Labute approximate surface area is 154 Å². The standard InChI is InChI=1S/C21H26N2O3/c1-14-3-5-15(6-4-14)7-9-19(25)23-21(17-11-18(24)12-17)16-8-10-20(26-2)22-13-16/h3-6,8,10,13,17-18,21,24H,7,9,11-12H2,1-2H3,(H,23,25)/t17?,18?,21-/m0/s1. The van der Waals surface area contributed by atoms with E-state index in [-0.39, 0.29) is 24.0 Å². The molecule has 0 unspecified atom stereocenters. The molecule has 2 N–H and O–H groups in total. The minimum absolute atomic E-state index is 0.0211. The number of methoxy groups -OCH3 is 1. The number of nitrogens with zero attached hydrogens (tertiary/aromatic N) is 1. The normalized spacial score (nSPS) is 20.1. The number of rotatable bonds is 7. The van der Waals surface area contributed by atoms with E-state index in [2.05, 4.69) is 41.5 Å². The topological polar surface area (TPSA) is 71.5 Å². The van der Waals surface area contributed by atoms with Crippen LogP contribution in [0.4, 0.5) is 0 Å². The highest BCUT2D eigenvalue weighted by atomic mass is 16.5. The summed E-state index contributed by atoms with van der Waals surface area (Å²) in [5.74, 6) is 0.808. The van der Waals surface area contributed by atoms with Crippen LogP contribution in [0.5, 0.6) is 5.88 Å². The second-order valence-corrected chi connectivity index (χ2v) is 7.05. The van der Waals surface area contributed by atoms with Crippen LogP contribution in [-0.4, -0.2) is 29.2 Å². The highest BCUT2D eigenvalue weighted by Crippen LogP contribution is 2.38. The number of aliphatic hydroxyl groups is 1. The lowest BCUT2D eigenvalue weighted by Crippen LogP contribution is -2.41. The lowest BCUT2D eigenvalue weighted by Gasteiger charge is -2.38. The van der Waals surface area contributed by atoms with Gasteiger partial charge in [-0.05, 0) is 43.2 Å². The molecule has 1 aliphatic rings. The Morgan fingerprint density at radius 1 is 1.27 bits per heavy atom. The van der Waals surface area contributed by atoms with Gasteiger partial charge in [-0.15, -0.1) is 0 Å². The third-order valence-corrected chi connectivity index (χ3v) is 5.03. The first kappa shape index (κ1) is 18.4. The van der Waals surface area contributed by atoms with E-state index in [0.29, 0.717) is 31.6 Å². The zero-order valence-corrected chi connectivity index (χ0v) is 15.3. The minimum Gasteiger partial charge on any atom is -0.481 e. The van der Waals surface area contributed by atoms with E-state index >= 15 is 0 Å². The zero-order chi connectivity index (χ0) is 18.5. The van der Waals surface area contributed by atoms with E-state index in [0.717, 1.165) is 11.1 Å².